The number of hydrogen-bond acceptors (Lipinski definition) is 3. The molecule has 0 bridgehead atoms. The molecule has 0 radical (unpaired) electrons. The number of hydrogen-bond donors (Lipinski definition) is 2. The number of amides is 1. The van der Waals surface area contributed by atoms with Gasteiger partial charge in [0, 0.05) is 4.88 Å². The minimum Gasteiger partial charge on any atom is -0.350 e. The zero-order valence-corrected chi connectivity index (χ0v) is 9.49. The Labute approximate surface area is 93.9 Å². The van der Waals surface area contributed by atoms with Crippen LogP contribution in [0, 0.1) is 19.3 Å². The van der Waals surface area contributed by atoms with E-state index in [9.17, 15) is 4.79 Å². The molecule has 1 heterocycles. The van der Waals surface area contributed by atoms with Crippen molar-refractivity contribution in [3.05, 3.63) is 21.9 Å². The number of rotatable bonds is 5. The predicted molar refractivity (Wildman–Crippen MR) is 62.6 cm³/mol. The van der Waals surface area contributed by atoms with Crippen LogP contribution in [0.2, 0.25) is 0 Å². The van der Waals surface area contributed by atoms with Crippen LogP contribution in [-0.4, -0.2) is 19.0 Å². The van der Waals surface area contributed by atoms with Gasteiger partial charge in [0.05, 0.1) is 19.6 Å². The third kappa shape index (κ3) is 4.15. The number of carbonyl (C=O) groups is 1. The van der Waals surface area contributed by atoms with E-state index in [0.717, 1.165) is 0 Å². The summed E-state index contributed by atoms with van der Waals surface area (Å²) in [5.41, 5.74) is 1.22. The molecule has 1 aromatic rings. The van der Waals surface area contributed by atoms with Crippen LogP contribution in [0.25, 0.3) is 0 Å². The van der Waals surface area contributed by atoms with Gasteiger partial charge in [0.1, 0.15) is 0 Å². The van der Waals surface area contributed by atoms with Crippen LogP contribution in [0.4, 0.5) is 0 Å². The van der Waals surface area contributed by atoms with Crippen molar-refractivity contribution in [3.8, 4) is 12.3 Å². The fourth-order valence-corrected chi connectivity index (χ4v) is 1.92. The molecule has 80 valence electrons. The van der Waals surface area contributed by atoms with Crippen molar-refractivity contribution in [2.45, 2.75) is 13.5 Å². The van der Waals surface area contributed by atoms with Gasteiger partial charge in [-0.1, -0.05) is 5.92 Å². The molecule has 0 saturated carbocycles. The minimum atomic E-state index is -0.0296. The van der Waals surface area contributed by atoms with Crippen LogP contribution >= 0.6 is 11.3 Å². The van der Waals surface area contributed by atoms with Crippen LogP contribution in [0.5, 0.6) is 0 Å². The van der Waals surface area contributed by atoms with E-state index in [0.29, 0.717) is 13.1 Å². The first-order valence-electron chi connectivity index (χ1n) is 4.68. The first-order chi connectivity index (χ1) is 7.24. The summed E-state index contributed by atoms with van der Waals surface area (Å²) in [6, 6.07) is 2.04. The second-order valence-electron chi connectivity index (χ2n) is 3.11. The molecule has 0 saturated heterocycles. The first-order valence-corrected chi connectivity index (χ1v) is 5.56. The van der Waals surface area contributed by atoms with Crippen LogP contribution in [0.15, 0.2) is 11.4 Å². The maximum Gasteiger partial charge on any atom is 0.234 e. The lowest BCUT2D eigenvalue weighted by Gasteiger charge is -2.04. The number of thiophene rings is 1. The predicted octanol–water partition coefficient (Wildman–Crippen LogP) is 0.896. The van der Waals surface area contributed by atoms with Gasteiger partial charge >= 0.3 is 0 Å². The molecule has 4 heteroatoms. The van der Waals surface area contributed by atoms with Crippen LogP contribution < -0.4 is 10.6 Å². The monoisotopic (exact) mass is 222 g/mol. The summed E-state index contributed by atoms with van der Waals surface area (Å²) < 4.78 is 0. The van der Waals surface area contributed by atoms with Gasteiger partial charge in [0.2, 0.25) is 5.91 Å². The van der Waals surface area contributed by atoms with Crippen molar-refractivity contribution >= 4 is 17.2 Å². The Kier molecular flexibility index (Phi) is 4.88. The van der Waals surface area contributed by atoms with Crippen molar-refractivity contribution in [2.24, 2.45) is 0 Å². The van der Waals surface area contributed by atoms with E-state index in [2.05, 4.69) is 16.6 Å². The smallest absolute Gasteiger partial charge is 0.234 e. The molecule has 0 fully saturated rings. The second-order valence-corrected chi connectivity index (χ2v) is 4.11. The van der Waals surface area contributed by atoms with Gasteiger partial charge in [-0.3, -0.25) is 10.1 Å². The van der Waals surface area contributed by atoms with E-state index in [1.54, 1.807) is 11.3 Å². The molecule has 2 N–H and O–H groups in total. The summed E-state index contributed by atoms with van der Waals surface area (Å²) in [7, 11) is 0. The molecule has 1 aromatic heterocycles. The van der Waals surface area contributed by atoms with Gasteiger partial charge < -0.3 is 5.32 Å². The Bertz CT molecular complexity index is 365. The molecule has 0 aromatic carbocycles. The van der Waals surface area contributed by atoms with Gasteiger partial charge in [-0.25, -0.2) is 0 Å². The topological polar surface area (TPSA) is 41.1 Å². The van der Waals surface area contributed by atoms with Crippen molar-refractivity contribution in [1.82, 2.24) is 10.6 Å². The molecule has 15 heavy (non-hydrogen) atoms. The van der Waals surface area contributed by atoms with Gasteiger partial charge in [-0.15, -0.1) is 17.8 Å². The van der Waals surface area contributed by atoms with Gasteiger partial charge in [-0.2, -0.15) is 0 Å². The van der Waals surface area contributed by atoms with E-state index >= 15 is 0 Å². The SMILES string of the molecule is C#CCNCC(=O)NCc1sccc1C. The fraction of sp³-hybridized carbons (Fsp3) is 0.364. The highest BCUT2D eigenvalue weighted by molar-refractivity contribution is 7.10. The maximum absolute atomic E-state index is 11.3. The molecule has 0 aliphatic heterocycles. The van der Waals surface area contributed by atoms with Crippen molar-refractivity contribution < 1.29 is 4.79 Å². The van der Waals surface area contributed by atoms with E-state index in [4.69, 9.17) is 6.42 Å². The first kappa shape index (κ1) is 11.8. The van der Waals surface area contributed by atoms with E-state index < -0.39 is 0 Å². The van der Waals surface area contributed by atoms with Crippen molar-refractivity contribution in [2.75, 3.05) is 13.1 Å². The highest BCUT2D eigenvalue weighted by Gasteiger charge is 2.02. The summed E-state index contributed by atoms with van der Waals surface area (Å²) in [6.07, 6.45) is 5.04. The molecule has 1 amide bonds. The standard InChI is InChI=1S/C11H14N2OS/c1-3-5-12-8-11(14)13-7-10-9(2)4-6-15-10/h1,4,6,12H,5,7-8H2,2H3,(H,13,14). The number of terminal acetylenes is 1. The molecule has 0 atom stereocenters. The summed E-state index contributed by atoms with van der Waals surface area (Å²) in [5.74, 6) is 2.38. The average molecular weight is 222 g/mol. The van der Waals surface area contributed by atoms with E-state index in [-0.39, 0.29) is 12.5 Å². The van der Waals surface area contributed by atoms with E-state index in [1.165, 1.54) is 10.4 Å². The Hall–Kier alpha value is -1.31. The third-order valence-corrected chi connectivity index (χ3v) is 2.95. The molecule has 0 aliphatic rings. The highest BCUT2D eigenvalue weighted by atomic mass is 32.1. The molecule has 1 rings (SSSR count). The molecule has 0 spiro atoms. The normalized spacial score (nSPS) is 9.60. The van der Waals surface area contributed by atoms with Crippen LogP contribution in [0.1, 0.15) is 10.4 Å². The maximum atomic E-state index is 11.3. The number of aryl methyl sites for hydroxylation is 1. The van der Waals surface area contributed by atoms with Crippen LogP contribution in [-0.2, 0) is 11.3 Å². The lowest BCUT2D eigenvalue weighted by atomic mass is 10.3. The third-order valence-electron chi connectivity index (χ3n) is 1.93. The zero-order valence-electron chi connectivity index (χ0n) is 8.67. The number of nitrogens with one attached hydrogen (secondary N) is 2. The van der Waals surface area contributed by atoms with Crippen molar-refractivity contribution in [3.63, 3.8) is 0 Å². The summed E-state index contributed by atoms with van der Waals surface area (Å²) in [5, 5.41) is 7.68. The lowest BCUT2D eigenvalue weighted by molar-refractivity contribution is -0.120. The van der Waals surface area contributed by atoms with Gasteiger partial charge in [0.15, 0.2) is 0 Å². The Morgan fingerprint density at radius 3 is 3.07 bits per heavy atom. The largest absolute Gasteiger partial charge is 0.350 e. The Balaban J connectivity index is 2.23. The summed E-state index contributed by atoms with van der Waals surface area (Å²) in [4.78, 5) is 12.5. The van der Waals surface area contributed by atoms with Crippen LogP contribution in [0.3, 0.4) is 0 Å². The summed E-state index contributed by atoms with van der Waals surface area (Å²) in [6.45, 7) is 3.33. The highest BCUT2D eigenvalue weighted by Crippen LogP contribution is 2.14. The average Bonchev–Trinajstić information content (AvgIpc) is 2.61. The Morgan fingerprint density at radius 1 is 1.67 bits per heavy atom. The van der Waals surface area contributed by atoms with Gasteiger partial charge in [-0.05, 0) is 23.9 Å². The van der Waals surface area contributed by atoms with E-state index in [1.807, 2.05) is 18.4 Å². The molecule has 3 nitrogen and oxygen atoms in total. The fourth-order valence-electron chi connectivity index (χ4n) is 1.07. The molecule has 0 aliphatic carbocycles. The number of carbonyl (C=O) groups excluding carboxylic acids is 1. The summed E-state index contributed by atoms with van der Waals surface area (Å²) >= 11 is 1.65. The lowest BCUT2D eigenvalue weighted by Crippen LogP contribution is -2.33. The zero-order chi connectivity index (χ0) is 11.1. The quantitative estimate of drug-likeness (QED) is 0.574. The van der Waals surface area contributed by atoms with Crippen molar-refractivity contribution in [1.29, 1.82) is 0 Å². The molecule has 0 unspecified atom stereocenters. The molecular weight excluding hydrogens is 208 g/mol. The Morgan fingerprint density at radius 2 is 2.47 bits per heavy atom. The minimum absolute atomic E-state index is 0.0296. The second kappa shape index (κ2) is 6.23. The van der Waals surface area contributed by atoms with Gasteiger partial charge in [0.25, 0.3) is 0 Å². The molecular formula is C11H14N2OS.